The van der Waals surface area contributed by atoms with Crippen LogP contribution in [0.3, 0.4) is 0 Å². The van der Waals surface area contributed by atoms with Crippen molar-refractivity contribution in [1.82, 2.24) is 4.98 Å². The average Bonchev–Trinajstić information content (AvgIpc) is 2.87. The maximum Gasteiger partial charge on any atom is 0.491 e. The first-order valence-corrected chi connectivity index (χ1v) is 10.4. The first kappa shape index (κ1) is 20.8. The lowest BCUT2D eigenvalue weighted by atomic mass is 9.78. The lowest BCUT2D eigenvalue weighted by molar-refractivity contribution is -0.109. The molecule has 0 atom stereocenters. The van der Waals surface area contributed by atoms with Gasteiger partial charge in [-0.25, -0.2) is 0 Å². The van der Waals surface area contributed by atoms with Crippen LogP contribution in [0.1, 0.15) is 40.2 Å². The Balaban J connectivity index is 1.86. The molecule has 0 amide bonds. The molecule has 0 aliphatic carbocycles. The smallest absolute Gasteiger partial charge is 0.400 e. The minimum Gasteiger partial charge on any atom is -0.400 e. The Bertz CT molecular complexity index is 847. The van der Waals surface area contributed by atoms with Crippen molar-refractivity contribution >= 4 is 30.1 Å². The third-order valence-corrected chi connectivity index (χ3v) is 6.11. The summed E-state index contributed by atoms with van der Waals surface area (Å²) in [6.45, 7) is 9.71. The number of thioether (sulfide) groups is 1. The number of aromatic nitrogens is 1. The molecule has 0 spiro atoms. The molecule has 1 fully saturated rings. The van der Waals surface area contributed by atoms with E-state index in [-0.39, 0.29) is 5.12 Å². The monoisotopic (exact) mass is 395 g/mol. The van der Waals surface area contributed by atoms with Gasteiger partial charge in [0.05, 0.1) is 16.9 Å². The molecule has 1 aliphatic rings. The van der Waals surface area contributed by atoms with E-state index in [2.05, 4.69) is 11.1 Å². The normalized spacial score (nSPS) is 18.3. The molecule has 28 heavy (non-hydrogen) atoms. The highest BCUT2D eigenvalue weighted by atomic mass is 32.2. The minimum absolute atomic E-state index is 0.0768. The highest BCUT2D eigenvalue weighted by Crippen LogP contribution is 2.39. The number of hydrogen-bond donors (Lipinski definition) is 0. The maximum absolute atomic E-state index is 11.5. The summed E-state index contributed by atoms with van der Waals surface area (Å²) in [7, 11) is -0.465. The van der Waals surface area contributed by atoms with Crippen LogP contribution in [0.2, 0.25) is 0 Å². The van der Waals surface area contributed by atoms with Crippen LogP contribution in [0.5, 0.6) is 0 Å². The van der Waals surface area contributed by atoms with Crippen molar-refractivity contribution in [2.45, 2.75) is 45.8 Å². The zero-order valence-electron chi connectivity index (χ0n) is 17.1. The molecule has 0 bridgehead atoms. The van der Waals surface area contributed by atoms with Gasteiger partial charge in [-0.3, -0.25) is 9.78 Å². The van der Waals surface area contributed by atoms with E-state index >= 15 is 0 Å². The van der Waals surface area contributed by atoms with Crippen molar-refractivity contribution in [2.24, 2.45) is 0 Å². The predicted octanol–water partition coefficient (Wildman–Crippen LogP) is 5.04. The summed E-state index contributed by atoms with van der Waals surface area (Å²) in [5, 5.41) is 0.0768. The zero-order chi connectivity index (χ0) is 20.4. The molecule has 146 valence electrons. The van der Waals surface area contributed by atoms with Crippen LogP contribution in [-0.2, 0) is 14.1 Å². The first-order chi connectivity index (χ1) is 13.2. The van der Waals surface area contributed by atoms with Crippen molar-refractivity contribution in [3.63, 3.8) is 0 Å². The molecule has 6 heteroatoms. The van der Waals surface area contributed by atoms with E-state index in [4.69, 9.17) is 9.31 Å². The summed E-state index contributed by atoms with van der Waals surface area (Å²) in [6, 6.07) is 14.1. The molecule has 1 aliphatic heterocycles. The van der Waals surface area contributed by atoms with E-state index in [1.807, 2.05) is 70.2 Å². The van der Waals surface area contributed by atoms with Gasteiger partial charge in [0.2, 0.25) is 0 Å². The molecular weight excluding hydrogens is 369 g/mol. The van der Waals surface area contributed by atoms with Gasteiger partial charge < -0.3 is 9.31 Å². The molecule has 2 heterocycles. The fourth-order valence-electron chi connectivity index (χ4n) is 2.85. The van der Waals surface area contributed by atoms with E-state index in [9.17, 15) is 4.79 Å². The number of hydrogen-bond acceptors (Lipinski definition) is 5. The molecule has 0 saturated carbocycles. The predicted molar refractivity (Wildman–Crippen MR) is 117 cm³/mol. The van der Waals surface area contributed by atoms with Crippen LogP contribution in [0.15, 0.2) is 54.1 Å². The van der Waals surface area contributed by atoms with E-state index in [0.717, 1.165) is 22.3 Å². The molecule has 1 aromatic carbocycles. The minimum atomic E-state index is -0.465. The van der Waals surface area contributed by atoms with Gasteiger partial charge in [-0.2, -0.15) is 0 Å². The Morgan fingerprint density at radius 1 is 1.07 bits per heavy atom. The van der Waals surface area contributed by atoms with E-state index in [0.29, 0.717) is 5.75 Å². The first-order valence-electron chi connectivity index (χ1n) is 9.39. The summed E-state index contributed by atoms with van der Waals surface area (Å²) < 4.78 is 12.4. The lowest BCUT2D eigenvalue weighted by Gasteiger charge is -2.32. The standard InChI is InChI=1S/C22H26BNO3S/c1-16(25)28-15-19(23-26-21(2,3)22(4,5)27-23)14-17-9-11-18(12-10-17)20-8-6-7-13-24-20/h6-14H,15H2,1-5H3. The van der Waals surface area contributed by atoms with Crippen LogP contribution >= 0.6 is 11.8 Å². The second-order valence-corrected chi connectivity index (χ2v) is 9.08. The maximum atomic E-state index is 11.5. The summed E-state index contributed by atoms with van der Waals surface area (Å²) in [6.07, 6.45) is 3.85. The van der Waals surface area contributed by atoms with E-state index < -0.39 is 18.3 Å². The fraction of sp³-hybridized carbons (Fsp3) is 0.364. The third-order valence-electron chi connectivity index (χ3n) is 5.22. The molecule has 1 saturated heterocycles. The van der Waals surface area contributed by atoms with Crippen LogP contribution < -0.4 is 0 Å². The molecular formula is C22H26BNO3S. The Morgan fingerprint density at radius 2 is 1.71 bits per heavy atom. The second kappa shape index (κ2) is 8.23. The van der Waals surface area contributed by atoms with Crippen molar-refractivity contribution in [2.75, 3.05) is 5.75 Å². The van der Waals surface area contributed by atoms with Crippen molar-refractivity contribution in [3.8, 4) is 11.3 Å². The Hall–Kier alpha value is -1.89. The van der Waals surface area contributed by atoms with Gasteiger partial charge in [-0.15, -0.1) is 0 Å². The van der Waals surface area contributed by atoms with Crippen LogP contribution in [0.25, 0.3) is 17.3 Å². The van der Waals surface area contributed by atoms with Gasteiger partial charge in [-0.1, -0.05) is 48.2 Å². The number of pyridine rings is 1. The quantitative estimate of drug-likeness (QED) is 0.664. The molecule has 4 nitrogen and oxygen atoms in total. The van der Waals surface area contributed by atoms with Crippen LogP contribution in [0.4, 0.5) is 0 Å². The Labute approximate surface area is 171 Å². The highest BCUT2D eigenvalue weighted by molar-refractivity contribution is 8.13. The van der Waals surface area contributed by atoms with Crippen LogP contribution in [-0.4, -0.2) is 34.2 Å². The number of nitrogens with zero attached hydrogens (tertiary/aromatic N) is 1. The van der Waals surface area contributed by atoms with Gasteiger partial charge in [0.1, 0.15) is 0 Å². The molecule has 0 N–H and O–H groups in total. The number of rotatable bonds is 5. The third kappa shape index (κ3) is 4.74. The summed E-state index contributed by atoms with van der Waals surface area (Å²) in [5.41, 5.74) is 3.16. The summed E-state index contributed by atoms with van der Waals surface area (Å²) in [5.74, 6) is 0.536. The summed E-state index contributed by atoms with van der Waals surface area (Å²) in [4.78, 5) is 15.9. The molecule has 3 rings (SSSR count). The van der Waals surface area contributed by atoms with Gasteiger partial charge in [0.25, 0.3) is 0 Å². The molecule has 0 unspecified atom stereocenters. The SMILES string of the molecule is CC(=O)SCC(=Cc1ccc(-c2ccccn2)cc1)B1OC(C)(C)C(C)(C)O1. The van der Waals surface area contributed by atoms with Gasteiger partial charge in [-0.05, 0) is 50.9 Å². The van der Waals surface area contributed by atoms with Crippen molar-refractivity contribution in [3.05, 3.63) is 59.7 Å². The lowest BCUT2D eigenvalue weighted by Crippen LogP contribution is -2.41. The van der Waals surface area contributed by atoms with E-state index in [1.54, 1.807) is 13.1 Å². The van der Waals surface area contributed by atoms with Crippen molar-refractivity contribution in [1.29, 1.82) is 0 Å². The number of carbonyl (C=O) groups is 1. The van der Waals surface area contributed by atoms with Gasteiger partial charge in [0, 0.05) is 24.4 Å². The zero-order valence-corrected chi connectivity index (χ0v) is 17.9. The number of benzene rings is 1. The average molecular weight is 395 g/mol. The van der Waals surface area contributed by atoms with Gasteiger partial charge >= 0.3 is 7.12 Å². The largest absolute Gasteiger partial charge is 0.491 e. The van der Waals surface area contributed by atoms with E-state index in [1.165, 1.54) is 11.8 Å². The number of carbonyl (C=O) groups excluding carboxylic acids is 1. The summed E-state index contributed by atoms with van der Waals surface area (Å²) >= 11 is 1.27. The molecule has 0 radical (unpaired) electrons. The molecule has 2 aromatic rings. The van der Waals surface area contributed by atoms with Gasteiger partial charge in [0.15, 0.2) is 5.12 Å². The highest BCUT2D eigenvalue weighted by Gasteiger charge is 2.52. The Morgan fingerprint density at radius 3 is 2.25 bits per heavy atom. The fourth-order valence-corrected chi connectivity index (χ4v) is 3.44. The Kier molecular flexibility index (Phi) is 6.13. The second-order valence-electron chi connectivity index (χ2n) is 7.92. The van der Waals surface area contributed by atoms with Crippen LogP contribution in [0, 0.1) is 0 Å². The molecule has 1 aromatic heterocycles. The van der Waals surface area contributed by atoms with Crippen molar-refractivity contribution < 1.29 is 14.1 Å². The topological polar surface area (TPSA) is 48.4 Å².